The minimum atomic E-state index is -0.726. The van der Waals surface area contributed by atoms with Crippen LogP contribution in [0.3, 0.4) is 0 Å². The molecule has 0 atom stereocenters. The Kier molecular flexibility index (Phi) is 6.04. The summed E-state index contributed by atoms with van der Waals surface area (Å²) in [5.41, 5.74) is 1.88. The number of halogens is 2. The van der Waals surface area contributed by atoms with Crippen molar-refractivity contribution in [3.05, 3.63) is 65.5 Å². The smallest absolute Gasteiger partial charge is 0.277 e. The van der Waals surface area contributed by atoms with E-state index in [0.717, 1.165) is 29.5 Å². The molecule has 0 bridgehead atoms. The largest absolute Gasteiger partial charge is 0.487 e. The lowest BCUT2D eigenvalue weighted by molar-refractivity contribution is 0.102. The van der Waals surface area contributed by atoms with Gasteiger partial charge in [-0.05, 0) is 30.3 Å². The molecule has 10 heteroatoms. The van der Waals surface area contributed by atoms with Crippen LogP contribution >= 0.6 is 11.7 Å². The third-order valence-corrected chi connectivity index (χ3v) is 5.42. The average molecular weight is 441 g/mol. The summed E-state index contributed by atoms with van der Waals surface area (Å²) >= 11 is 0.936. The minimum Gasteiger partial charge on any atom is -0.487 e. The third-order valence-electron chi connectivity index (χ3n) is 4.94. The van der Waals surface area contributed by atoms with E-state index in [2.05, 4.69) is 25.0 Å². The number of hydrogen-bond donors (Lipinski definition) is 1. The first kappa shape index (κ1) is 20.7. The number of carbonyl (C=O) groups is 1. The van der Waals surface area contributed by atoms with Gasteiger partial charge >= 0.3 is 0 Å². The highest BCUT2D eigenvalue weighted by Gasteiger charge is 2.24. The highest BCUT2D eigenvalue weighted by molar-refractivity contribution is 6.99. The molecule has 1 aliphatic heterocycles. The predicted octanol–water partition coefficient (Wildman–Crippen LogP) is 3.99. The molecule has 158 valence electrons. The monoisotopic (exact) mass is 441 g/mol. The van der Waals surface area contributed by atoms with Crippen LogP contribution in [-0.4, -0.2) is 33.8 Å². The molecule has 0 aliphatic carbocycles. The lowest BCUT2D eigenvalue weighted by Gasteiger charge is -2.34. The van der Waals surface area contributed by atoms with Gasteiger partial charge < -0.3 is 15.0 Å². The number of amides is 1. The van der Waals surface area contributed by atoms with Crippen molar-refractivity contribution >= 4 is 29.0 Å². The number of nitriles is 1. The van der Waals surface area contributed by atoms with Gasteiger partial charge in [-0.2, -0.15) is 14.0 Å². The van der Waals surface area contributed by atoms with Crippen LogP contribution in [0.4, 0.5) is 20.2 Å². The lowest BCUT2D eigenvalue weighted by Crippen LogP contribution is -2.38. The molecule has 1 aliphatic rings. The van der Waals surface area contributed by atoms with Gasteiger partial charge in [0.15, 0.2) is 17.3 Å². The fraction of sp³-hybridized carbons (Fsp3) is 0.238. The lowest BCUT2D eigenvalue weighted by atomic mass is 10.1. The number of rotatable bonds is 5. The molecule has 4 rings (SSSR count). The van der Waals surface area contributed by atoms with Crippen LogP contribution in [0.2, 0.25) is 0 Å². The van der Waals surface area contributed by atoms with E-state index in [9.17, 15) is 18.8 Å². The Bertz CT molecular complexity index is 1130. The van der Waals surface area contributed by atoms with Crippen molar-refractivity contribution in [3.8, 4) is 11.8 Å². The van der Waals surface area contributed by atoms with E-state index in [1.54, 1.807) is 18.2 Å². The number of anilines is 2. The Morgan fingerprint density at radius 1 is 1.23 bits per heavy atom. The number of nitrogens with zero attached hydrogens (tertiary/aromatic N) is 4. The van der Waals surface area contributed by atoms with Crippen LogP contribution in [0.25, 0.3) is 0 Å². The molecule has 1 fully saturated rings. The maximum Gasteiger partial charge on any atom is 0.277 e. The Labute approximate surface area is 181 Å². The molecule has 0 saturated carbocycles. The number of nitrogens with one attached hydrogen (secondary N) is 1. The Hall–Kier alpha value is -3.58. The summed E-state index contributed by atoms with van der Waals surface area (Å²) in [6.07, 6.45) is 2.39. The number of piperidine rings is 1. The zero-order chi connectivity index (χ0) is 21.8. The zero-order valence-corrected chi connectivity index (χ0v) is 17.0. The number of aromatic nitrogens is 2. The molecule has 31 heavy (non-hydrogen) atoms. The van der Waals surface area contributed by atoms with Crippen LogP contribution < -0.4 is 15.0 Å². The zero-order valence-electron chi connectivity index (χ0n) is 16.2. The second-order valence-corrected chi connectivity index (χ2v) is 7.53. The van der Waals surface area contributed by atoms with Gasteiger partial charge in [-0.25, -0.2) is 8.78 Å². The standard InChI is InChI=1S/C21H17F2N5O2S/c22-14-2-4-20(16(23)10-14)30-15-5-7-28(8-6-15)19-3-1-13(11-24)9-17(19)26-21(29)18-12-25-31-27-18/h1-4,9-10,12,15H,5-8H2,(H,26,29). The summed E-state index contributed by atoms with van der Waals surface area (Å²) in [6, 6.07) is 10.4. The van der Waals surface area contributed by atoms with Crippen LogP contribution in [0, 0.1) is 23.0 Å². The summed E-state index contributed by atoms with van der Waals surface area (Å²) < 4.78 is 40.4. The van der Waals surface area contributed by atoms with Crippen molar-refractivity contribution in [2.75, 3.05) is 23.3 Å². The van der Waals surface area contributed by atoms with E-state index in [1.807, 2.05) is 0 Å². The quantitative estimate of drug-likeness (QED) is 0.644. The van der Waals surface area contributed by atoms with Crippen LogP contribution in [0.5, 0.6) is 5.75 Å². The predicted molar refractivity (Wildman–Crippen MR) is 111 cm³/mol. The van der Waals surface area contributed by atoms with Crippen molar-refractivity contribution in [2.24, 2.45) is 0 Å². The van der Waals surface area contributed by atoms with E-state index in [1.165, 1.54) is 12.3 Å². The minimum absolute atomic E-state index is 0.0306. The van der Waals surface area contributed by atoms with Crippen molar-refractivity contribution < 1.29 is 18.3 Å². The molecule has 3 aromatic rings. The van der Waals surface area contributed by atoms with Gasteiger partial charge in [-0.1, -0.05) is 0 Å². The van der Waals surface area contributed by atoms with E-state index in [4.69, 9.17) is 4.74 Å². The summed E-state index contributed by atoms with van der Waals surface area (Å²) in [7, 11) is 0. The van der Waals surface area contributed by atoms with Crippen LogP contribution in [-0.2, 0) is 0 Å². The topological polar surface area (TPSA) is 91.1 Å². The number of hydrogen-bond acceptors (Lipinski definition) is 7. The first-order valence-corrected chi connectivity index (χ1v) is 10.3. The van der Waals surface area contributed by atoms with Crippen molar-refractivity contribution in [1.29, 1.82) is 5.26 Å². The van der Waals surface area contributed by atoms with Crippen LogP contribution in [0.1, 0.15) is 28.9 Å². The number of ether oxygens (including phenoxy) is 1. The molecule has 0 unspecified atom stereocenters. The van der Waals surface area contributed by atoms with Gasteiger partial charge in [0.25, 0.3) is 5.91 Å². The van der Waals surface area contributed by atoms with Gasteiger partial charge in [0, 0.05) is 32.0 Å². The molecule has 7 nitrogen and oxygen atoms in total. The first-order valence-electron chi connectivity index (χ1n) is 9.53. The molecule has 0 radical (unpaired) electrons. The second kappa shape index (κ2) is 9.06. The maximum absolute atomic E-state index is 13.9. The molecule has 1 N–H and O–H groups in total. The molecule has 1 amide bonds. The Morgan fingerprint density at radius 2 is 2.03 bits per heavy atom. The molecule has 0 spiro atoms. The first-order chi connectivity index (χ1) is 15.0. The highest BCUT2D eigenvalue weighted by atomic mass is 32.1. The van der Waals surface area contributed by atoms with Gasteiger partial charge in [-0.3, -0.25) is 4.79 Å². The summed E-state index contributed by atoms with van der Waals surface area (Å²) in [4.78, 5) is 14.5. The Morgan fingerprint density at radius 3 is 2.71 bits per heavy atom. The second-order valence-electron chi connectivity index (χ2n) is 6.97. The number of carbonyl (C=O) groups excluding carboxylic acids is 1. The molecule has 1 saturated heterocycles. The number of benzene rings is 2. The molecule has 1 aromatic heterocycles. The summed E-state index contributed by atoms with van der Waals surface area (Å²) in [5, 5.41) is 12.0. The van der Waals surface area contributed by atoms with Gasteiger partial charge in [0.1, 0.15) is 11.9 Å². The van der Waals surface area contributed by atoms with Gasteiger partial charge in [0.2, 0.25) is 0 Å². The third kappa shape index (κ3) is 4.78. The highest BCUT2D eigenvalue weighted by Crippen LogP contribution is 2.31. The Balaban J connectivity index is 1.46. The van der Waals surface area contributed by atoms with Crippen molar-refractivity contribution in [3.63, 3.8) is 0 Å². The summed E-state index contributed by atoms with van der Waals surface area (Å²) in [5.74, 6) is -1.75. The van der Waals surface area contributed by atoms with Crippen molar-refractivity contribution in [2.45, 2.75) is 18.9 Å². The van der Waals surface area contributed by atoms with E-state index in [-0.39, 0.29) is 17.5 Å². The molecular weight excluding hydrogens is 424 g/mol. The fourth-order valence-corrected chi connectivity index (χ4v) is 3.81. The maximum atomic E-state index is 13.9. The molecule has 2 aromatic carbocycles. The SMILES string of the molecule is N#Cc1ccc(N2CCC(Oc3ccc(F)cc3F)CC2)c(NC(=O)c2cnsn2)c1. The van der Waals surface area contributed by atoms with E-state index in [0.29, 0.717) is 37.2 Å². The molecule has 2 heterocycles. The summed E-state index contributed by atoms with van der Waals surface area (Å²) in [6.45, 7) is 1.20. The van der Waals surface area contributed by atoms with Crippen LogP contribution in [0.15, 0.2) is 42.6 Å². The molecular formula is C21H17F2N5O2S. The average Bonchev–Trinajstić information content (AvgIpc) is 3.31. The van der Waals surface area contributed by atoms with E-state index < -0.39 is 17.5 Å². The van der Waals surface area contributed by atoms with Gasteiger partial charge in [0.05, 0.1) is 40.9 Å². The normalized spacial score (nSPS) is 14.2. The van der Waals surface area contributed by atoms with E-state index >= 15 is 0 Å². The van der Waals surface area contributed by atoms with Crippen molar-refractivity contribution in [1.82, 2.24) is 8.75 Å². The van der Waals surface area contributed by atoms with Gasteiger partial charge in [-0.15, -0.1) is 0 Å². The fourth-order valence-electron chi connectivity index (χ4n) is 3.40.